The highest BCUT2D eigenvalue weighted by Gasteiger charge is 2.53. The number of ether oxygens (including phenoxy) is 7. The molecule has 42 heavy (non-hydrogen) atoms. The third-order valence-electron chi connectivity index (χ3n) is 5.65. The number of ketones is 1. The van der Waals surface area contributed by atoms with Crippen molar-refractivity contribution < 1.29 is 66.6 Å². The molecule has 1 heterocycles. The van der Waals surface area contributed by atoms with Crippen molar-refractivity contribution in [1.29, 1.82) is 0 Å². The minimum absolute atomic E-state index is 0.0654. The lowest BCUT2D eigenvalue weighted by molar-refractivity contribution is -0.288. The van der Waals surface area contributed by atoms with Gasteiger partial charge in [0.05, 0.1) is 5.56 Å². The molecule has 2 aromatic carbocycles. The van der Waals surface area contributed by atoms with Crippen LogP contribution in [0.25, 0.3) is 0 Å². The smallest absolute Gasteiger partial charge is 0.303 e. The Balaban J connectivity index is 1.86. The van der Waals surface area contributed by atoms with E-state index in [2.05, 4.69) is 0 Å². The summed E-state index contributed by atoms with van der Waals surface area (Å²) in [5.74, 6) is -4.50. The largest absolute Gasteiger partial charge is 0.507 e. The fraction of sp³-hybridized carbons (Fsp3) is 0.393. The van der Waals surface area contributed by atoms with Crippen LogP contribution in [0.2, 0.25) is 0 Å². The van der Waals surface area contributed by atoms with Crippen LogP contribution < -0.4 is 9.47 Å². The third kappa shape index (κ3) is 8.89. The fourth-order valence-corrected chi connectivity index (χ4v) is 4.00. The molecular weight excluding hydrogens is 563 g/mol. The van der Waals surface area contributed by atoms with Crippen LogP contribution in [-0.4, -0.2) is 78.7 Å². The second kappa shape index (κ2) is 14.3. The molecule has 0 unspecified atom stereocenters. The Morgan fingerprint density at radius 3 is 1.93 bits per heavy atom. The van der Waals surface area contributed by atoms with Crippen molar-refractivity contribution in [2.24, 2.45) is 0 Å². The van der Waals surface area contributed by atoms with Crippen LogP contribution in [0.3, 0.4) is 0 Å². The Labute approximate surface area is 239 Å². The van der Waals surface area contributed by atoms with Gasteiger partial charge in [-0.25, -0.2) is 4.39 Å². The number of carbonyl (C=O) groups is 5. The lowest BCUT2D eigenvalue weighted by Crippen LogP contribution is -2.63. The van der Waals surface area contributed by atoms with Gasteiger partial charge in [-0.2, -0.15) is 0 Å². The summed E-state index contributed by atoms with van der Waals surface area (Å²) < 4.78 is 51.1. The van der Waals surface area contributed by atoms with Crippen LogP contribution in [0.1, 0.15) is 38.1 Å². The van der Waals surface area contributed by atoms with E-state index in [1.165, 1.54) is 24.3 Å². The maximum absolute atomic E-state index is 13.1. The average Bonchev–Trinajstić information content (AvgIpc) is 2.89. The Morgan fingerprint density at radius 2 is 1.36 bits per heavy atom. The van der Waals surface area contributed by atoms with E-state index in [0.29, 0.717) is 0 Å². The van der Waals surface area contributed by atoms with Gasteiger partial charge >= 0.3 is 23.9 Å². The predicted molar refractivity (Wildman–Crippen MR) is 137 cm³/mol. The highest BCUT2D eigenvalue weighted by atomic mass is 19.1. The van der Waals surface area contributed by atoms with E-state index in [4.69, 9.17) is 33.2 Å². The zero-order chi connectivity index (χ0) is 31.0. The lowest BCUT2D eigenvalue weighted by atomic mass is 9.98. The molecule has 0 saturated carbocycles. The number of phenolic OH excluding ortho intramolecular Hbond substituents is 1. The van der Waals surface area contributed by atoms with Gasteiger partial charge in [0.25, 0.3) is 0 Å². The monoisotopic (exact) mass is 592 g/mol. The maximum Gasteiger partial charge on any atom is 0.303 e. The molecule has 1 aliphatic heterocycles. The molecule has 0 spiro atoms. The normalized spacial score (nSPS) is 21.4. The second-order valence-corrected chi connectivity index (χ2v) is 9.03. The highest BCUT2D eigenvalue weighted by Crippen LogP contribution is 2.32. The van der Waals surface area contributed by atoms with Crippen LogP contribution in [0.15, 0.2) is 42.5 Å². The number of carbonyl (C=O) groups excluding carboxylic acids is 5. The Kier molecular flexibility index (Phi) is 10.8. The number of hydrogen-bond donors (Lipinski definition) is 1. The van der Waals surface area contributed by atoms with E-state index in [1.807, 2.05) is 0 Å². The second-order valence-electron chi connectivity index (χ2n) is 9.03. The van der Waals surface area contributed by atoms with Crippen LogP contribution in [0.4, 0.5) is 4.39 Å². The topological polar surface area (TPSA) is 170 Å². The van der Waals surface area contributed by atoms with E-state index in [0.717, 1.165) is 45.9 Å². The van der Waals surface area contributed by atoms with Crippen molar-refractivity contribution in [1.82, 2.24) is 0 Å². The van der Waals surface area contributed by atoms with Gasteiger partial charge in [-0.3, -0.25) is 24.0 Å². The van der Waals surface area contributed by atoms with Crippen molar-refractivity contribution in [3.8, 4) is 17.2 Å². The zero-order valence-electron chi connectivity index (χ0n) is 23.1. The Hall–Kier alpha value is -4.72. The van der Waals surface area contributed by atoms with Crippen LogP contribution in [0.5, 0.6) is 17.2 Å². The summed E-state index contributed by atoms with van der Waals surface area (Å²) in [7, 11) is 0. The molecule has 0 amide bonds. The number of esters is 4. The van der Waals surface area contributed by atoms with Gasteiger partial charge < -0.3 is 38.3 Å². The molecular formula is C28H29FO13. The summed E-state index contributed by atoms with van der Waals surface area (Å²) in [6, 6.07) is 8.64. The predicted octanol–water partition coefficient (Wildman–Crippen LogP) is 2.25. The number of hydrogen-bond acceptors (Lipinski definition) is 13. The third-order valence-corrected chi connectivity index (χ3v) is 5.65. The summed E-state index contributed by atoms with van der Waals surface area (Å²) in [5.41, 5.74) is -0.119. The van der Waals surface area contributed by atoms with Crippen molar-refractivity contribution in [2.75, 3.05) is 13.2 Å². The molecule has 0 bridgehead atoms. The SMILES string of the molecule is CC(=O)OC[C@H]1O[C@@H](Oc2ccc(C(=O)COc3ccc(F)cc3)c(O)c2)[C@H](OC(C)=O)[C@@H](OC(C)=O)[C@@H]1OC(C)=O. The molecule has 2 aromatic rings. The van der Waals surface area contributed by atoms with Crippen molar-refractivity contribution in [2.45, 2.75) is 58.4 Å². The van der Waals surface area contributed by atoms with Gasteiger partial charge in [0.15, 0.2) is 18.8 Å². The molecule has 1 saturated heterocycles. The highest BCUT2D eigenvalue weighted by molar-refractivity contribution is 5.99. The Bertz CT molecular complexity index is 1310. The summed E-state index contributed by atoms with van der Waals surface area (Å²) >= 11 is 0. The molecule has 1 fully saturated rings. The number of Topliss-reactive ketones (excluding diaryl/α,β-unsaturated/α-hetero) is 1. The number of aromatic hydroxyl groups is 1. The van der Waals surface area contributed by atoms with Gasteiger partial charge in [-0.15, -0.1) is 0 Å². The van der Waals surface area contributed by atoms with E-state index < -0.39 is 85.1 Å². The fourth-order valence-electron chi connectivity index (χ4n) is 4.00. The van der Waals surface area contributed by atoms with Gasteiger partial charge in [0, 0.05) is 33.8 Å². The van der Waals surface area contributed by atoms with Gasteiger partial charge in [-0.05, 0) is 36.4 Å². The van der Waals surface area contributed by atoms with Gasteiger partial charge in [0.1, 0.15) is 35.8 Å². The van der Waals surface area contributed by atoms with E-state index >= 15 is 0 Å². The van der Waals surface area contributed by atoms with Gasteiger partial charge in [-0.1, -0.05) is 0 Å². The molecule has 226 valence electrons. The minimum Gasteiger partial charge on any atom is -0.507 e. The van der Waals surface area contributed by atoms with E-state index in [-0.39, 0.29) is 17.1 Å². The maximum atomic E-state index is 13.1. The van der Waals surface area contributed by atoms with Crippen molar-refractivity contribution >= 4 is 29.7 Å². The average molecular weight is 593 g/mol. The first-order valence-electron chi connectivity index (χ1n) is 12.6. The first-order chi connectivity index (χ1) is 19.8. The Morgan fingerprint density at radius 1 is 0.786 bits per heavy atom. The molecule has 14 heteroatoms. The van der Waals surface area contributed by atoms with Crippen molar-refractivity contribution in [3.63, 3.8) is 0 Å². The molecule has 5 atom stereocenters. The summed E-state index contributed by atoms with van der Waals surface area (Å²) in [6.07, 6.45) is -7.08. The molecule has 0 aliphatic carbocycles. The number of halogens is 1. The van der Waals surface area contributed by atoms with Crippen LogP contribution in [0, 0.1) is 5.82 Å². The summed E-state index contributed by atoms with van der Waals surface area (Å²) in [4.78, 5) is 59.8. The number of phenols is 1. The summed E-state index contributed by atoms with van der Waals surface area (Å²) in [6.45, 7) is 3.47. The number of rotatable bonds is 11. The molecule has 1 N–H and O–H groups in total. The molecule has 0 aromatic heterocycles. The van der Waals surface area contributed by atoms with Crippen molar-refractivity contribution in [3.05, 3.63) is 53.8 Å². The van der Waals surface area contributed by atoms with E-state index in [1.54, 1.807) is 0 Å². The first-order valence-corrected chi connectivity index (χ1v) is 12.6. The zero-order valence-corrected chi connectivity index (χ0v) is 23.1. The molecule has 0 radical (unpaired) electrons. The van der Waals surface area contributed by atoms with Gasteiger partial charge in [0.2, 0.25) is 18.2 Å². The quantitative estimate of drug-likeness (QED) is 0.229. The van der Waals surface area contributed by atoms with Crippen LogP contribution >= 0.6 is 0 Å². The van der Waals surface area contributed by atoms with E-state index in [9.17, 15) is 33.5 Å². The number of benzene rings is 2. The first kappa shape index (κ1) is 31.8. The molecule has 3 rings (SSSR count). The summed E-state index contributed by atoms with van der Waals surface area (Å²) in [5, 5.41) is 10.5. The lowest BCUT2D eigenvalue weighted by Gasteiger charge is -2.43. The molecule has 1 aliphatic rings. The van der Waals surface area contributed by atoms with Crippen LogP contribution in [-0.2, 0) is 42.9 Å². The standard InChI is InChI=1S/C28H29FO13/c1-14(30)36-13-24-25(38-15(2)31)26(39-16(3)32)27(40-17(4)33)28(42-24)41-20-9-10-21(22(34)11-20)23(35)12-37-19-7-5-18(29)6-8-19/h5-11,24-28,34H,12-13H2,1-4H3/t24-,25-,26+,27-,28-/m1/s1. The minimum atomic E-state index is -1.53. The molecule has 13 nitrogen and oxygen atoms in total.